The molecule has 0 spiro atoms. The molecule has 0 saturated heterocycles. The first-order valence-electron chi connectivity index (χ1n) is 5.26. The largest absolute Gasteiger partial charge is 0.481 e. The highest BCUT2D eigenvalue weighted by atomic mass is 32.2. The molecule has 1 aromatic rings. The summed E-state index contributed by atoms with van der Waals surface area (Å²) in [5, 5.41) is 8.46. The van der Waals surface area contributed by atoms with Crippen LogP contribution in [0, 0.1) is 0 Å². The van der Waals surface area contributed by atoms with Gasteiger partial charge in [0.05, 0.1) is 6.42 Å². The molecule has 0 amide bonds. The van der Waals surface area contributed by atoms with Gasteiger partial charge in [0.1, 0.15) is 0 Å². The van der Waals surface area contributed by atoms with Gasteiger partial charge in [-0.25, -0.2) is 0 Å². The van der Waals surface area contributed by atoms with Gasteiger partial charge >= 0.3 is 5.97 Å². The van der Waals surface area contributed by atoms with E-state index < -0.39 is 16.8 Å². The molecule has 3 nitrogen and oxygen atoms in total. The Morgan fingerprint density at radius 1 is 1.25 bits per heavy atom. The van der Waals surface area contributed by atoms with Gasteiger partial charge in [-0.3, -0.25) is 9.00 Å². The molecule has 0 aromatic heterocycles. The number of carboxylic acids is 1. The molecule has 0 aliphatic carbocycles. The molecule has 1 aromatic carbocycles. The number of aliphatic carboxylic acids is 1. The van der Waals surface area contributed by atoms with Crippen molar-refractivity contribution < 1.29 is 14.1 Å². The highest BCUT2D eigenvalue weighted by Crippen LogP contribution is 2.08. The predicted octanol–water partition coefficient (Wildman–Crippen LogP) is 1.97. The Morgan fingerprint density at radius 2 is 1.81 bits per heavy atom. The van der Waals surface area contributed by atoms with Crippen molar-refractivity contribution >= 4 is 16.8 Å². The number of hydrogen-bond acceptors (Lipinski definition) is 2. The molecule has 0 fully saturated rings. The monoisotopic (exact) mass is 240 g/mol. The van der Waals surface area contributed by atoms with E-state index in [0.717, 1.165) is 12.0 Å². The van der Waals surface area contributed by atoms with Gasteiger partial charge in [-0.2, -0.15) is 0 Å². The SMILES string of the molecule is CCc1ccc(CS(=O)CCC(=O)O)cc1. The van der Waals surface area contributed by atoms with Gasteiger partial charge in [0.25, 0.3) is 0 Å². The fraction of sp³-hybridized carbons (Fsp3) is 0.417. The van der Waals surface area contributed by atoms with Crippen LogP contribution < -0.4 is 0 Å². The normalized spacial score (nSPS) is 12.3. The quantitative estimate of drug-likeness (QED) is 0.827. The lowest BCUT2D eigenvalue weighted by Crippen LogP contribution is -2.06. The number of carboxylic acid groups (broad SMARTS) is 1. The molecule has 0 bridgehead atoms. The van der Waals surface area contributed by atoms with Gasteiger partial charge in [0, 0.05) is 22.3 Å². The fourth-order valence-corrected chi connectivity index (χ4v) is 2.44. The minimum absolute atomic E-state index is 0.0281. The van der Waals surface area contributed by atoms with Gasteiger partial charge in [0.15, 0.2) is 0 Å². The molecule has 0 radical (unpaired) electrons. The van der Waals surface area contributed by atoms with Gasteiger partial charge < -0.3 is 5.11 Å². The molecule has 0 heterocycles. The summed E-state index contributed by atoms with van der Waals surface area (Å²) in [5.41, 5.74) is 2.25. The smallest absolute Gasteiger partial charge is 0.304 e. The molecule has 0 aliphatic rings. The van der Waals surface area contributed by atoms with Crippen LogP contribution >= 0.6 is 0 Å². The third kappa shape index (κ3) is 4.57. The zero-order valence-electron chi connectivity index (χ0n) is 9.31. The van der Waals surface area contributed by atoms with Crippen LogP contribution in [0.25, 0.3) is 0 Å². The van der Waals surface area contributed by atoms with Crippen molar-refractivity contribution in [3.05, 3.63) is 35.4 Å². The number of aryl methyl sites for hydroxylation is 1. The zero-order chi connectivity index (χ0) is 12.0. The van der Waals surface area contributed by atoms with E-state index >= 15 is 0 Å². The molecule has 1 rings (SSSR count). The maximum absolute atomic E-state index is 11.5. The molecule has 88 valence electrons. The van der Waals surface area contributed by atoms with Gasteiger partial charge in [-0.1, -0.05) is 31.2 Å². The Bertz CT molecular complexity index is 370. The van der Waals surface area contributed by atoms with E-state index in [-0.39, 0.29) is 12.2 Å². The predicted molar refractivity (Wildman–Crippen MR) is 64.8 cm³/mol. The molecular formula is C12H16O3S. The lowest BCUT2D eigenvalue weighted by molar-refractivity contribution is -0.136. The first-order valence-corrected chi connectivity index (χ1v) is 6.75. The highest BCUT2D eigenvalue weighted by molar-refractivity contribution is 7.84. The van der Waals surface area contributed by atoms with Crippen molar-refractivity contribution in [1.82, 2.24) is 0 Å². The van der Waals surface area contributed by atoms with Crippen molar-refractivity contribution in [3.63, 3.8) is 0 Å². The Balaban J connectivity index is 2.46. The third-order valence-corrected chi connectivity index (χ3v) is 3.62. The van der Waals surface area contributed by atoms with E-state index in [9.17, 15) is 9.00 Å². The van der Waals surface area contributed by atoms with E-state index in [1.807, 2.05) is 24.3 Å². The lowest BCUT2D eigenvalue weighted by atomic mass is 10.1. The number of carbonyl (C=O) groups is 1. The summed E-state index contributed by atoms with van der Waals surface area (Å²) in [6.45, 7) is 2.08. The van der Waals surface area contributed by atoms with Crippen LogP contribution in [0.2, 0.25) is 0 Å². The average Bonchev–Trinajstić information content (AvgIpc) is 2.27. The van der Waals surface area contributed by atoms with Crippen molar-refractivity contribution in [2.75, 3.05) is 5.75 Å². The summed E-state index contributed by atoms with van der Waals surface area (Å²) in [7, 11) is -1.08. The van der Waals surface area contributed by atoms with E-state index in [2.05, 4.69) is 6.92 Å². The third-order valence-electron chi connectivity index (χ3n) is 2.30. The standard InChI is InChI=1S/C12H16O3S/c1-2-10-3-5-11(6-4-10)9-16(15)8-7-12(13)14/h3-6H,2,7-9H2,1H3,(H,13,14). The Labute approximate surface area is 98.0 Å². The molecule has 1 atom stereocenters. The second-order valence-electron chi connectivity index (χ2n) is 3.60. The minimum atomic E-state index is -1.08. The van der Waals surface area contributed by atoms with Crippen molar-refractivity contribution in [2.24, 2.45) is 0 Å². The topological polar surface area (TPSA) is 54.4 Å². The van der Waals surface area contributed by atoms with Gasteiger partial charge in [0.2, 0.25) is 0 Å². The molecule has 0 aliphatic heterocycles. The number of hydrogen-bond donors (Lipinski definition) is 1. The molecule has 16 heavy (non-hydrogen) atoms. The molecule has 0 saturated carbocycles. The van der Waals surface area contributed by atoms with E-state index in [0.29, 0.717) is 5.75 Å². The van der Waals surface area contributed by atoms with Gasteiger partial charge in [-0.15, -0.1) is 0 Å². The number of benzene rings is 1. The second-order valence-corrected chi connectivity index (χ2v) is 5.18. The van der Waals surface area contributed by atoms with Crippen molar-refractivity contribution in [2.45, 2.75) is 25.5 Å². The maximum Gasteiger partial charge on any atom is 0.304 e. The average molecular weight is 240 g/mol. The summed E-state index contributed by atoms with van der Waals surface area (Å²) >= 11 is 0. The first-order chi connectivity index (χ1) is 7.61. The summed E-state index contributed by atoms with van der Waals surface area (Å²) in [4.78, 5) is 10.3. The number of rotatable bonds is 6. The van der Waals surface area contributed by atoms with Crippen molar-refractivity contribution in [1.29, 1.82) is 0 Å². The highest BCUT2D eigenvalue weighted by Gasteiger charge is 2.05. The molecule has 1 N–H and O–H groups in total. The summed E-state index contributed by atoms with van der Waals surface area (Å²) in [6, 6.07) is 7.95. The Morgan fingerprint density at radius 3 is 2.31 bits per heavy atom. The summed E-state index contributed by atoms with van der Waals surface area (Å²) in [6.07, 6.45) is 0.960. The summed E-state index contributed by atoms with van der Waals surface area (Å²) in [5.74, 6) is -0.225. The second kappa shape index (κ2) is 6.43. The first kappa shape index (κ1) is 12.9. The van der Waals surface area contributed by atoms with E-state index in [4.69, 9.17) is 5.11 Å². The summed E-state index contributed by atoms with van der Waals surface area (Å²) < 4.78 is 11.5. The Kier molecular flexibility index (Phi) is 5.19. The minimum Gasteiger partial charge on any atom is -0.481 e. The Hall–Kier alpha value is -1.16. The molecule has 4 heteroatoms. The van der Waals surface area contributed by atoms with Crippen molar-refractivity contribution in [3.8, 4) is 0 Å². The van der Waals surface area contributed by atoms with Crippen LogP contribution in [0.15, 0.2) is 24.3 Å². The van der Waals surface area contributed by atoms with E-state index in [1.165, 1.54) is 5.56 Å². The van der Waals surface area contributed by atoms with Gasteiger partial charge in [-0.05, 0) is 17.5 Å². The lowest BCUT2D eigenvalue weighted by Gasteiger charge is -2.02. The van der Waals surface area contributed by atoms with Crippen LogP contribution in [-0.4, -0.2) is 21.0 Å². The zero-order valence-corrected chi connectivity index (χ0v) is 10.1. The maximum atomic E-state index is 11.5. The van der Waals surface area contributed by atoms with Crippen LogP contribution in [0.1, 0.15) is 24.5 Å². The molecule has 1 unspecified atom stereocenters. The molecular weight excluding hydrogens is 224 g/mol. The fourth-order valence-electron chi connectivity index (χ4n) is 1.33. The van der Waals surface area contributed by atoms with Crippen LogP contribution in [-0.2, 0) is 27.8 Å². The van der Waals surface area contributed by atoms with Crippen LogP contribution in [0.5, 0.6) is 0 Å². The van der Waals surface area contributed by atoms with E-state index in [1.54, 1.807) is 0 Å². The van der Waals surface area contributed by atoms with Crippen LogP contribution in [0.3, 0.4) is 0 Å². The van der Waals surface area contributed by atoms with Crippen LogP contribution in [0.4, 0.5) is 0 Å².